The van der Waals surface area contributed by atoms with Crippen LogP contribution in [0.2, 0.25) is 0 Å². The molecule has 4 rings (SSSR count). The maximum Gasteiger partial charge on any atom is 0.251 e. The lowest BCUT2D eigenvalue weighted by Gasteiger charge is -2.48. The van der Waals surface area contributed by atoms with Gasteiger partial charge in [-0.05, 0) is 36.3 Å². The van der Waals surface area contributed by atoms with Crippen molar-refractivity contribution in [3.8, 4) is 0 Å². The van der Waals surface area contributed by atoms with Gasteiger partial charge in [-0.15, -0.1) is 11.8 Å². The molecule has 0 bridgehead atoms. The van der Waals surface area contributed by atoms with Crippen molar-refractivity contribution in [1.82, 2.24) is 0 Å². The largest absolute Gasteiger partial charge is 0.274 e. The first kappa shape index (κ1) is 19.3. The summed E-state index contributed by atoms with van der Waals surface area (Å²) in [5, 5.41) is 0. The van der Waals surface area contributed by atoms with Crippen molar-refractivity contribution in [2.75, 3.05) is 10.7 Å². The van der Waals surface area contributed by atoms with E-state index in [1.165, 1.54) is 29.7 Å². The normalized spacial score (nSPS) is 26.2. The molecule has 0 aromatic heterocycles. The Morgan fingerprint density at radius 3 is 2.29 bits per heavy atom. The molecule has 1 aliphatic carbocycles. The Hall–Kier alpha value is -2.07. The highest BCUT2D eigenvalue weighted by atomic mass is 32.2. The topological polar surface area (TPSA) is 37.4 Å². The molecule has 146 valence electrons. The van der Waals surface area contributed by atoms with Crippen molar-refractivity contribution in [1.29, 1.82) is 0 Å². The first-order valence-corrected chi connectivity index (χ1v) is 11.3. The number of thioether (sulfide) groups is 1. The van der Waals surface area contributed by atoms with E-state index in [1.54, 1.807) is 11.8 Å². The van der Waals surface area contributed by atoms with Crippen molar-refractivity contribution >= 4 is 29.3 Å². The number of fused-ring (bicyclic) bond motifs is 1. The molecule has 3 nitrogen and oxygen atoms in total. The van der Waals surface area contributed by atoms with Gasteiger partial charge in [0.05, 0.1) is 11.6 Å². The zero-order valence-corrected chi connectivity index (χ0v) is 17.2. The standard InChI is InChI=1S/C24H27NO2S/c1-2-3-4-11-16-28-24-20(18-12-7-5-8-13-18)17-21(24)22(26)25(23(24)27)19-14-9-6-10-15-19/h5-10,12-15,20-21H,2-4,11,16-17H2,1H3/t20?,21-,24+/m1/s1. The van der Waals surface area contributed by atoms with Crippen LogP contribution in [-0.2, 0) is 9.59 Å². The van der Waals surface area contributed by atoms with Crippen LogP contribution in [-0.4, -0.2) is 22.3 Å². The number of carbonyl (C=O) groups excluding carboxylic acids is 2. The number of unbranched alkanes of at least 4 members (excludes halogenated alkanes) is 3. The second-order valence-electron chi connectivity index (χ2n) is 7.77. The van der Waals surface area contributed by atoms with Crippen LogP contribution in [0.5, 0.6) is 0 Å². The number of amides is 2. The zero-order chi connectivity index (χ0) is 19.6. The van der Waals surface area contributed by atoms with Crippen LogP contribution in [0.15, 0.2) is 60.7 Å². The van der Waals surface area contributed by atoms with Crippen LogP contribution in [0.1, 0.15) is 50.5 Å². The fourth-order valence-corrected chi connectivity index (χ4v) is 6.34. The van der Waals surface area contributed by atoms with Gasteiger partial charge in [-0.3, -0.25) is 9.59 Å². The Morgan fingerprint density at radius 1 is 0.929 bits per heavy atom. The highest BCUT2D eigenvalue weighted by Crippen LogP contribution is 2.63. The molecule has 1 saturated heterocycles. The van der Waals surface area contributed by atoms with E-state index in [4.69, 9.17) is 0 Å². The predicted octanol–water partition coefficient (Wildman–Crippen LogP) is 5.42. The average Bonchev–Trinajstić information content (AvgIpc) is 2.86. The van der Waals surface area contributed by atoms with Crippen molar-refractivity contribution in [3.05, 3.63) is 66.2 Å². The van der Waals surface area contributed by atoms with Gasteiger partial charge in [0.15, 0.2) is 0 Å². The van der Waals surface area contributed by atoms with Crippen molar-refractivity contribution < 1.29 is 9.59 Å². The van der Waals surface area contributed by atoms with E-state index >= 15 is 0 Å². The van der Waals surface area contributed by atoms with E-state index in [-0.39, 0.29) is 23.7 Å². The molecule has 0 radical (unpaired) electrons. The van der Waals surface area contributed by atoms with Gasteiger partial charge in [-0.2, -0.15) is 0 Å². The van der Waals surface area contributed by atoms with Gasteiger partial charge in [0.2, 0.25) is 5.91 Å². The molecule has 2 fully saturated rings. The molecule has 1 unspecified atom stereocenters. The molecule has 1 saturated carbocycles. The third kappa shape index (κ3) is 3.08. The second-order valence-corrected chi connectivity index (χ2v) is 9.14. The van der Waals surface area contributed by atoms with Gasteiger partial charge in [-0.1, -0.05) is 74.7 Å². The van der Waals surface area contributed by atoms with Crippen LogP contribution >= 0.6 is 11.8 Å². The summed E-state index contributed by atoms with van der Waals surface area (Å²) in [7, 11) is 0. The molecule has 2 aromatic rings. The van der Waals surface area contributed by atoms with Gasteiger partial charge in [0.25, 0.3) is 5.91 Å². The summed E-state index contributed by atoms with van der Waals surface area (Å²) in [5.74, 6) is 0.793. The summed E-state index contributed by atoms with van der Waals surface area (Å²) in [6, 6.07) is 19.7. The van der Waals surface area contributed by atoms with Gasteiger partial charge >= 0.3 is 0 Å². The van der Waals surface area contributed by atoms with Gasteiger partial charge in [-0.25, -0.2) is 4.90 Å². The number of benzene rings is 2. The van der Waals surface area contributed by atoms with Gasteiger partial charge < -0.3 is 0 Å². The van der Waals surface area contributed by atoms with Crippen LogP contribution in [0.4, 0.5) is 5.69 Å². The highest BCUT2D eigenvalue weighted by molar-refractivity contribution is 8.01. The lowest BCUT2D eigenvalue weighted by Crippen LogP contribution is -2.54. The Balaban J connectivity index is 1.64. The number of hydrogen-bond acceptors (Lipinski definition) is 3. The summed E-state index contributed by atoms with van der Waals surface area (Å²) < 4.78 is -0.638. The summed E-state index contributed by atoms with van der Waals surface area (Å²) in [6.07, 6.45) is 5.47. The van der Waals surface area contributed by atoms with Crippen molar-refractivity contribution in [2.24, 2.45) is 5.92 Å². The van der Waals surface area contributed by atoms with E-state index in [2.05, 4.69) is 19.1 Å². The summed E-state index contributed by atoms with van der Waals surface area (Å²) >= 11 is 1.73. The van der Waals surface area contributed by atoms with Crippen LogP contribution < -0.4 is 4.90 Å². The SMILES string of the molecule is CCCCCCS[C@]12C(=O)N(c3ccccc3)C(=O)[C@H]1CC2c1ccccc1. The number of imide groups is 1. The molecule has 3 atom stereocenters. The fourth-order valence-electron chi connectivity index (χ4n) is 4.60. The Kier molecular flexibility index (Phi) is 5.58. The van der Waals surface area contributed by atoms with E-state index in [1.807, 2.05) is 48.5 Å². The summed E-state index contributed by atoms with van der Waals surface area (Å²) in [6.45, 7) is 2.20. The number of hydrogen-bond donors (Lipinski definition) is 0. The maximum absolute atomic E-state index is 13.7. The molecular formula is C24H27NO2S. The minimum absolute atomic E-state index is 0.0192. The number of anilines is 1. The third-order valence-electron chi connectivity index (χ3n) is 6.12. The number of para-hydroxylation sites is 1. The lowest BCUT2D eigenvalue weighted by molar-refractivity contribution is -0.123. The predicted molar refractivity (Wildman–Crippen MR) is 116 cm³/mol. The minimum Gasteiger partial charge on any atom is -0.274 e. The molecule has 28 heavy (non-hydrogen) atoms. The molecule has 2 amide bonds. The molecule has 1 heterocycles. The average molecular weight is 394 g/mol. The smallest absolute Gasteiger partial charge is 0.251 e. The summed E-state index contributed by atoms with van der Waals surface area (Å²) in [4.78, 5) is 28.3. The molecule has 2 aromatic carbocycles. The van der Waals surface area contributed by atoms with Crippen LogP contribution in [0.3, 0.4) is 0 Å². The first-order valence-electron chi connectivity index (χ1n) is 10.3. The molecule has 4 heteroatoms. The van der Waals surface area contributed by atoms with Crippen molar-refractivity contribution in [3.63, 3.8) is 0 Å². The monoisotopic (exact) mass is 393 g/mol. The maximum atomic E-state index is 13.7. The number of nitrogens with zero attached hydrogens (tertiary/aromatic N) is 1. The van der Waals surface area contributed by atoms with Crippen LogP contribution in [0, 0.1) is 5.92 Å². The number of carbonyl (C=O) groups is 2. The van der Waals surface area contributed by atoms with E-state index in [9.17, 15) is 9.59 Å². The fraction of sp³-hybridized carbons (Fsp3) is 0.417. The quantitative estimate of drug-likeness (QED) is 0.444. The molecule has 0 spiro atoms. The van der Waals surface area contributed by atoms with E-state index < -0.39 is 4.75 Å². The van der Waals surface area contributed by atoms with Gasteiger partial charge in [0, 0.05) is 5.92 Å². The lowest BCUT2D eigenvalue weighted by atomic mass is 9.62. The number of rotatable bonds is 8. The first-order chi connectivity index (χ1) is 13.7. The van der Waals surface area contributed by atoms with Crippen LogP contribution in [0.25, 0.3) is 0 Å². The molecular weight excluding hydrogens is 366 g/mol. The third-order valence-corrected chi connectivity index (χ3v) is 7.83. The molecule has 0 N–H and O–H groups in total. The van der Waals surface area contributed by atoms with Crippen molar-refractivity contribution in [2.45, 2.75) is 49.7 Å². The molecule has 2 aliphatic rings. The zero-order valence-electron chi connectivity index (χ0n) is 16.3. The van der Waals surface area contributed by atoms with E-state index in [0.717, 1.165) is 18.6 Å². The molecule has 1 aliphatic heterocycles. The second kappa shape index (κ2) is 8.12. The highest BCUT2D eigenvalue weighted by Gasteiger charge is 2.70. The Labute approximate surface area is 171 Å². The summed E-state index contributed by atoms with van der Waals surface area (Å²) in [5.41, 5.74) is 1.88. The van der Waals surface area contributed by atoms with Gasteiger partial charge in [0.1, 0.15) is 4.75 Å². The Bertz CT molecular complexity index is 838. The Morgan fingerprint density at radius 2 is 1.61 bits per heavy atom. The van der Waals surface area contributed by atoms with E-state index in [0.29, 0.717) is 5.69 Å². The minimum atomic E-state index is -0.638.